The lowest BCUT2D eigenvalue weighted by atomic mass is 9.85. The molecule has 3 rings (SSSR count). The highest BCUT2D eigenvalue weighted by molar-refractivity contribution is 5.44. The van der Waals surface area contributed by atoms with E-state index in [9.17, 15) is 33.2 Å². The van der Waals surface area contributed by atoms with E-state index in [1.54, 1.807) is 13.8 Å². The maximum atomic E-state index is 13.2. The summed E-state index contributed by atoms with van der Waals surface area (Å²) < 4.78 is 46.4. The molecule has 0 radical (unpaired) electrons. The normalized spacial score (nSPS) is 21.3. The zero-order chi connectivity index (χ0) is 22.4. The van der Waals surface area contributed by atoms with Gasteiger partial charge in [0.1, 0.15) is 23.6 Å². The van der Waals surface area contributed by atoms with Crippen molar-refractivity contribution in [3.05, 3.63) is 73.7 Å². The summed E-state index contributed by atoms with van der Waals surface area (Å²) in [4.78, 5) is 27.7. The van der Waals surface area contributed by atoms with Crippen LogP contribution in [-0.4, -0.2) is 26.5 Å². The van der Waals surface area contributed by atoms with Crippen LogP contribution < -0.4 is 10.3 Å². The van der Waals surface area contributed by atoms with Crippen LogP contribution in [0.4, 0.5) is 13.2 Å². The Morgan fingerprint density at radius 2 is 1.97 bits per heavy atom. The van der Waals surface area contributed by atoms with Gasteiger partial charge in [-0.2, -0.15) is 13.2 Å². The molecule has 11 heteroatoms. The lowest BCUT2D eigenvalue weighted by molar-refractivity contribution is -0.770. The summed E-state index contributed by atoms with van der Waals surface area (Å²) in [6.45, 7) is 4.48. The average Bonchev–Trinajstić information content (AvgIpc) is 2.61. The van der Waals surface area contributed by atoms with E-state index in [-0.39, 0.29) is 16.9 Å². The van der Waals surface area contributed by atoms with E-state index in [0.29, 0.717) is 0 Å². The van der Waals surface area contributed by atoms with Crippen LogP contribution in [0.25, 0.3) is 0 Å². The van der Waals surface area contributed by atoms with E-state index in [2.05, 4.69) is 4.84 Å². The van der Waals surface area contributed by atoms with Crippen LogP contribution in [0.5, 0.6) is 5.75 Å². The van der Waals surface area contributed by atoms with Crippen molar-refractivity contribution in [1.29, 1.82) is 0 Å². The predicted octanol–water partition coefficient (Wildman–Crippen LogP) is 3.26. The zero-order valence-electron chi connectivity index (χ0n) is 16.2. The molecule has 2 aromatic rings. The number of nitrogens with zero attached hydrogens (tertiary/aromatic N) is 2. The Kier molecular flexibility index (Phi) is 5.27. The molecule has 0 bridgehead atoms. The first-order valence-corrected chi connectivity index (χ1v) is 8.93. The fourth-order valence-corrected chi connectivity index (χ4v) is 3.42. The molecule has 0 spiro atoms. The number of hydrogen-bond acceptors (Lipinski definition) is 6. The van der Waals surface area contributed by atoms with E-state index >= 15 is 0 Å². The maximum Gasteiger partial charge on any atom is 0.416 e. The predicted molar refractivity (Wildman–Crippen MR) is 97.5 cm³/mol. The fraction of sp³-hybridized carbons (Fsp3) is 0.421. The van der Waals surface area contributed by atoms with Crippen molar-refractivity contribution in [2.24, 2.45) is 0 Å². The first-order valence-electron chi connectivity index (χ1n) is 8.93. The Hall–Kier alpha value is -3.08. The zero-order valence-corrected chi connectivity index (χ0v) is 16.2. The molecule has 1 aromatic heterocycles. The quantitative estimate of drug-likeness (QED) is 0.592. The minimum atomic E-state index is -4.62. The average molecular weight is 428 g/mol. The van der Waals surface area contributed by atoms with Gasteiger partial charge in [0.15, 0.2) is 0 Å². The number of benzene rings is 1. The van der Waals surface area contributed by atoms with Gasteiger partial charge >= 0.3 is 6.18 Å². The molecule has 30 heavy (non-hydrogen) atoms. The van der Waals surface area contributed by atoms with Crippen LogP contribution in [0, 0.1) is 10.1 Å². The van der Waals surface area contributed by atoms with Crippen molar-refractivity contribution in [1.82, 2.24) is 4.57 Å². The third kappa shape index (κ3) is 3.97. The number of hydrogen-bond donors (Lipinski definition) is 1. The Bertz CT molecular complexity index is 1030. The molecule has 1 aliphatic heterocycles. The van der Waals surface area contributed by atoms with Crippen LogP contribution in [0.2, 0.25) is 0 Å². The standard InChI is InChI=1S/C19H19F3N2O6/c1-10(30-24(27)28)11-6-7-23(15(25)8-11)16-13-9-12(19(20,21)22)4-5-14(13)29-18(2,3)17(16)26/h4-10,16-17,26H,1-3H3/t10?,16-,17+/m1/s1. The molecular formula is C19H19F3N2O6. The molecule has 1 N–H and O–H groups in total. The second kappa shape index (κ2) is 7.31. The Morgan fingerprint density at radius 3 is 2.53 bits per heavy atom. The van der Waals surface area contributed by atoms with Gasteiger partial charge in [0.2, 0.25) is 0 Å². The molecule has 0 saturated carbocycles. The SMILES string of the molecule is CC(O[N+](=O)[O-])c1ccn([C@@H]2c3cc(C(F)(F)F)ccc3OC(C)(C)[C@H]2O)c(=O)c1. The smallest absolute Gasteiger partial charge is 0.416 e. The van der Waals surface area contributed by atoms with E-state index in [1.165, 1.54) is 19.2 Å². The van der Waals surface area contributed by atoms with Gasteiger partial charge in [0, 0.05) is 17.8 Å². The molecule has 1 aliphatic rings. The maximum absolute atomic E-state index is 13.2. The van der Waals surface area contributed by atoms with Gasteiger partial charge in [0.05, 0.1) is 11.6 Å². The molecule has 0 fully saturated rings. The number of alkyl halides is 3. The van der Waals surface area contributed by atoms with Crippen LogP contribution in [0.3, 0.4) is 0 Å². The third-order valence-electron chi connectivity index (χ3n) is 5.03. The minimum absolute atomic E-state index is 0.00101. The summed E-state index contributed by atoms with van der Waals surface area (Å²) in [5, 5.41) is 20.4. The Labute approximate surface area is 168 Å². The summed E-state index contributed by atoms with van der Waals surface area (Å²) in [5.74, 6) is 0.115. The van der Waals surface area contributed by atoms with Crippen molar-refractivity contribution < 1.29 is 32.9 Å². The summed E-state index contributed by atoms with van der Waals surface area (Å²) in [6, 6.07) is 4.16. The third-order valence-corrected chi connectivity index (χ3v) is 5.03. The molecule has 162 valence electrons. The van der Waals surface area contributed by atoms with Crippen LogP contribution in [0.15, 0.2) is 41.3 Å². The van der Waals surface area contributed by atoms with E-state index in [4.69, 9.17) is 4.74 Å². The van der Waals surface area contributed by atoms with Gasteiger partial charge in [0.25, 0.3) is 10.6 Å². The second-order valence-electron chi connectivity index (χ2n) is 7.52. The van der Waals surface area contributed by atoms with Gasteiger partial charge in [-0.05, 0) is 50.6 Å². The summed E-state index contributed by atoms with van der Waals surface area (Å²) >= 11 is 0. The molecule has 1 aromatic carbocycles. The van der Waals surface area contributed by atoms with Crippen molar-refractivity contribution >= 4 is 0 Å². The van der Waals surface area contributed by atoms with Gasteiger partial charge in [-0.15, -0.1) is 10.1 Å². The Balaban J connectivity index is 2.13. The molecule has 0 aliphatic carbocycles. The fourth-order valence-electron chi connectivity index (χ4n) is 3.42. The van der Waals surface area contributed by atoms with Crippen LogP contribution >= 0.6 is 0 Å². The molecule has 1 unspecified atom stereocenters. The number of halogens is 3. The summed E-state index contributed by atoms with van der Waals surface area (Å²) in [5.41, 5.74) is -2.60. The largest absolute Gasteiger partial charge is 0.485 e. The van der Waals surface area contributed by atoms with Crippen LogP contribution in [-0.2, 0) is 11.0 Å². The summed E-state index contributed by atoms with van der Waals surface area (Å²) in [6.07, 6.45) is -5.75. The van der Waals surface area contributed by atoms with E-state index < -0.39 is 46.2 Å². The molecule has 0 saturated heterocycles. The highest BCUT2D eigenvalue weighted by atomic mass is 19.4. The van der Waals surface area contributed by atoms with Gasteiger partial charge < -0.3 is 19.2 Å². The van der Waals surface area contributed by atoms with Crippen molar-refractivity contribution in [3.8, 4) is 5.75 Å². The van der Waals surface area contributed by atoms with E-state index in [1.807, 2.05) is 0 Å². The monoisotopic (exact) mass is 428 g/mol. The van der Waals surface area contributed by atoms with Gasteiger partial charge in [-0.3, -0.25) is 4.79 Å². The number of ether oxygens (including phenoxy) is 1. The van der Waals surface area contributed by atoms with Crippen molar-refractivity contribution in [2.75, 3.05) is 0 Å². The highest BCUT2D eigenvalue weighted by Crippen LogP contribution is 2.43. The number of pyridine rings is 1. The molecule has 3 atom stereocenters. The lowest BCUT2D eigenvalue weighted by Crippen LogP contribution is -2.52. The minimum Gasteiger partial charge on any atom is -0.485 e. The number of rotatable bonds is 4. The van der Waals surface area contributed by atoms with Crippen molar-refractivity contribution in [2.45, 2.75) is 50.8 Å². The number of aromatic nitrogens is 1. The topological polar surface area (TPSA) is 104 Å². The Morgan fingerprint density at radius 1 is 1.30 bits per heavy atom. The molecule has 8 nitrogen and oxygen atoms in total. The van der Waals surface area contributed by atoms with Gasteiger partial charge in [-0.1, -0.05) is 0 Å². The summed E-state index contributed by atoms with van der Waals surface area (Å²) in [7, 11) is 0. The highest BCUT2D eigenvalue weighted by Gasteiger charge is 2.45. The first-order chi connectivity index (χ1) is 13.8. The molecule has 0 amide bonds. The van der Waals surface area contributed by atoms with Crippen LogP contribution in [0.1, 0.15) is 49.6 Å². The second-order valence-corrected chi connectivity index (χ2v) is 7.52. The molecule has 2 heterocycles. The number of fused-ring (bicyclic) bond motifs is 1. The van der Waals surface area contributed by atoms with Gasteiger partial charge in [-0.25, -0.2) is 0 Å². The number of aliphatic hydroxyl groups excluding tert-OH is 1. The molecular weight excluding hydrogens is 409 g/mol. The van der Waals surface area contributed by atoms with E-state index in [0.717, 1.165) is 28.8 Å². The number of aliphatic hydroxyl groups is 1. The first kappa shape index (κ1) is 21.6. The lowest BCUT2D eigenvalue weighted by Gasteiger charge is -2.42. The van der Waals surface area contributed by atoms with Crippen molar-refractivity contribution in [3.63, 3.8) is 0 Å².